The molecule has 0 aliphatic rings. The summed E-state index contributed by atoms with van der Waals surface area (Å²) >= 11 is 4.87. The molecule has 1 N–H and O–H groups in total. The maximum absolute atomic E-state index is 11.8. The summed E-state index contributed by atoms with van der Waals surface area (Å²) in [6.45, 7) is 1.88. The van der Waals surface area contributed by atoms with Crippen molar-refractivity contribution in [1.29, 1.82) is 5.26 Å². The fourth-order valence-corrected chi connectivity index (χ4v) is 2.98. The number of nitriles is 1. The highest BCUT2D eigenvalue weighted by Crippen LogP contribution is 2.21. The van der Waals surface area contributed by atoms with Crippen LogP contribution in [0.3, 0.4) is 0 Å². The summed E-state index contributed by atoms with van der Waals surface area (Å²) in [4.78, 5) is 18.8. The first-order valence-electron chi connectivity index (χ1n) is 6.04. The Morgan fingerprint density at radius 3 is 2.95 bits per heavy atom. The highest BCUT2D eigenvalue weighted by Gasteiger charge is 2.10. The number of aromatic nitrogens is 2. The molecule has 0 saturated heterocycles. The van der Waals surface area contributed by atoms with E-state index in [0.717, 1.165) is 10.0 Å². The van der Waals surface area contributed by atoms with Crippen molar-refractivity contribution in [2.24, 2.45) is 0 Å². The first kappa shape index (κ1) is 14.8. The molecule has 0 unspecified atom stereocenters. The molecule has 0 bridgehead atoms. The number of rotatable bonds is 4. The van der Waals surface area contributed by atoms with Crippen molar-refractivity contribution in [1.82, 2.24) is 9.97 Å². The van der Waals surface area contributed by atoms with Crippen LogP contribution in [0.2, 0.25) is 0 Å². The third-order valence-electron chi connectivity index (χ3n) is 2.68. The lowest BCUT2D eigenvalue weighted by molar-refractivity contribution is 0.859. The summed E-state index contributed by atoms with van der Waals surface area (Å²) in [5.74, 6) is 0.706. The Morgan fingerprint density at radius 2 is 2.30 bits per heavy atom. The summed E-state index contributed by atoms with van der Waals surface area (Å²) in [6, 6.07) is 9.87. The lowest BCUT2D eigenvalue weighted by Crippen LogP contribution is -2.16. The molecule has 20 heavy (non-hydrogen) atoms. The van der Waals surface area contributed by atoms with Gasteiger partial charge in [0.05, 0.1) is 5.69 Å². The van der Waals surface area contributed by atoms with E-state index in [9.17, 15) is 4.79 Å². The normalized spacial score (nSPS) is 10.2. The molecule has 0 aliphatic carbocycles. The van der Waals surface area contributed by atoms with Crippen LogP contribution in [0.15, 0.2) is 38.7 Å². The number of thioether (sulfide) groups is 1. The number of H-pyrrole nitrogens is 1. The fraction of sp³-hybridized carbons (Fsp3) is 0.214. The minimum Gasteiger partial charge on any atom is -0.300 e. The molecule has 2 rings (SSSR count). The number of aromatic amines is 1. The second kappa shape index (κ2) is 6.73. The van der Waals surface area contributed by atoms with Gasteiger partial charge in [0, 0.05) is 10.2 Å². The average Bonchev–Trinajstić information content (AvgIpc) is 2.44. The van der Waals surface area contributed by atoms with Gasteiger partial charge in [-0.3, -0.25) is 4.79 Å². The summed E-state index contributed by atoms with van der Waals surface area (Å²) in [5, 5.41) is 9.48. The second-order valence-electron chi connectivity index (χ2n) is 4.08. The zero-order valence-electron chi connectivity index (χ0n) is 10.8. The maximum Gasteiger partial charge on any atom is 0.269 e. The monoisotopic (exact) mass is 349 g/mol. The van der Waals surface area contributed by atoms with E-state index in [0.29, 0.717) is 23.0 Å². The SMILES string of the molecule is CCc1nc(SCc2cccc(Br)c2)[nH]c(=O)c1C#N. The van der Waals surface area contributed by atoms with E-state index in [1.54, 1.807) is 0 Å². The molecule has 4 nitrogen and oxygen atoms in total. The van der Waals surface area contributed by atoms with E-state index in [-0.39, 0.29) is 11.1 Å². The maximum atomic E-state index is 11.8. The number of aryl methyl sites for hydroxylation is 1. The van der Waals surface area contributed by atoms with Crippen LogP contribution in [0, 0.1) is 11.3 Å². The van der Waals surface area contributed by atoms with Crippen LogP contribution in [0.5, 0.6) is 0 Å². The lowest BCUT2D eigenvalue weighted by Gasteiger charge is -2.05. The van der Waals surface area contributed by atoms with Gasteiger partial charge in [-0.2, -0.15) is 5.26 Å². The van der Waals surface area contributed by atoms with Crippen LogP contribution in [0.4, 0.5) is 0 Å². The first-order chi connectivity index (χ1) is 9.63. The molecule has 1 aromatic heterocycles. The minimum atomic E-state index is -0.365. The summed E-state index contributed by atoms with van der Waals surface area (Å²) in [6.07, 6.45) is 0.567. The van der Waals surface area contributed by atoms with Crippen LogP contribution in [-0.4, -0.2) is 9.97 Å². The number of hydrogen-bond donors (Lipinski definition) is 1. The smallest absolute Gasteiger partial charge is 0.269 e. The molecule has 102 valence electrons. The van der Waals surface area contributed by atoms with Crippen LogP contribution < -0.4 is 5.56 Å². The van der Waals surface area contributed by atoms with Crippen molar-refractivity contribution >= 4 is 27.7 Å². The van der Waals surface area contributed by atoms with Gasteiger partial charge < -0.3 is 4.98 Å². The topological polar surface area (TPSA) is 69.5 Å². The standard InChI is InChI=1S/C14H12BrN3OS/c1-2-12-11(7-16)13(19)18-14(17-12)20-8-9-4-3-5-10(15)6-9/h3-6H,2,8H2,1H3,(H,17,18,19). The highest BCUT2D eigenvalue weighted by atomic mass is 79.9. The Morgan fingerprint density at radius 1 is 1.50 bits per heavy atom. The van der Waals surface area contributed by atoms with Gasteiger partial charge in [0.25, 0.3) is 5.56 Å². The summed E-state index contributed by atoms with van der Waals surface area (Å²) in [5.41, 5.74) is 1.43. The van der Waals surface area contributed by atoms with Gasteiger partial charge in [0.1, 0.15) is 11.6 Å². The quantitative estimate of drug-likeness (QED) is 0.679. The summed E-state index contributed by atoms with van der Waals surface area (Å²) in [7, 11) is 0. The van der Waals surface area contributed by atoms with Crippen LogP contribution in [-0.2, 0) is 12.2 Å². The molecule has 0 spiro atoms. The van der Waals surface area contributed by atoms with Gasteiger partial charge in [0.2, 0.25) is 0 Å². The Bertz CT molecular complexity index is 721. The Hall–Kier alpha value is -1.58. The molecular formula is C14H12BrN3OS. The molecule has 0 aliphatic heterocycles. The van der Waals surface area contributed by atoms with Crippen molar-refractivity contribution in [3.05, 3.63) is 55.9 Å². The lowest BCUT2D eigenvalue weighted by atomic mass is 10.2. The van der Waals surface area contributed by atoms with Gasteiger partial charge >= 0.3 is 0 Å². The minimum absolute atomic E-state index is 0.110. The molecule has 1 heterocycles. The van der Waals surface area contributed by atoms with Crippen molar-refractivity contribution in [2.45, 2.75) is 24.3 Å². The molecule has 1 aromatic carbocycles. The third-order valence-corrected chi connectivity index (χ3v) is 4.12. The molecule has 0 atom stereocenters. The molecular weight excluding hydrogens is 338 g/mol. The average molecular weight is 350 g/mol. The predicted octanol–water partition coefficient (Wildman–Crippen LogP) is 3.26. The van der Waals surface area contributed by atoms with Gasteiger partial charge in [-0.1, -0.05) is 46.7 Å². The van der Waals surface area contributed by atoms with E-state index in [2.05, 4.69) is 25.9 Å². The van der Waals surface area contributed by atoms with Gasteiger partial charge in [-0.05, 0) is 24.1 Å². The Balaban J connectivity index is 2.21. The van der Waals surface area contributed by atoms with E-state index in [1.807, 2.05) is 37.3 Å². The number of nitrogens with one attached hydrogen (secondary N) is 1. The van der Waals surface area contributed by atoms with E-state index < -0.39 is 0 Å². The summed E-state index contributed by atoms with van der Waals surface area (Å²) < 4.78 is 1.02. The van der Waals surface area contributed by atoms with E-state index in [4.69, 9.17) is 5.26 Å². The fourth-order valence-electron chi connectivity index (χ4n) is 1.72. The van der Waals surface area contributed by atoms with Crippen LogP contribution >= 0.6 is 27.7 Å². The number of halogens is 1. The number of hydrogen-bond acceptors (Lipinski definition) is 4. The van der Waals surface area contributed by atoms with Crippen LogP contribution in [0.25, 0.3) is 0 Å². The molecule has 6 heteroatoms. The van der Waals surface area contributed by atoms with Gasteiger partial charge in [-0.25, -0.2) is 4.98 Å². The molecule has 0 saturated carbocycles. The second-order valence-corrected chi connectivity index (χ2v) is 5.96. The zero-order valence-corrected chi connectivity index (χ0v) is 13.2. The highest BCUT2D eigenvalue weighted by molar-refractivity contribution is 9.10. The van der Waals surface area contributed by atoms with Crippen LogP contribution in [0.1, 0.15) is 23.7 Å². The molecule has 0 radical (unpaired) electrons. The third kappa shape index (κ3) is 3.50. The van der Waals surface area contributed by atoms with Crippen molar-refractivity contribution < 1.29 is 0 Å². The zero-order chi connectivity index (χ0) is 14.5. The first-order valence-corrected chi connectivity index (χ1v) is 7.82. The van der Waals surface area contributed by atoms with Crippen molar-refractivity contribution in [3.8, 4) is 6.07 Å². The van der Waals surface area contributed by atoms with E-state index in [1.165, 1.54) is 11.8 Å². The van der Waals surface area contributed by atoms with Crippen molar-refractivity contribution in [3.63, 3.8) is 0 Å². The van der Waals surface area contributed by atoms with E-state index >= 15 is 0 Å². The molecule has 0 amide bonds. The molecule has 0 fully saturated rings. The predicted molar refractivity (Wildman–Crippen MR) is 82.7 cm³/mol. The van der Waals surface area contributed by atoms with Gasteiger partial charge in [-0.15, -0.1) is 0 Å². The Labute approximate surface area is 129 Å². The number of nitrogens with zero attached hydrogens (tertiary/aromatic N) is 2. The Kier molecular flexibility index (Phi) is 4.99. The number of benzene rings is 1. The largest absolute Gasteiger partial charge is 0.300 e. The molecule has 2 aromatic rings. The van der Waals surface area contributed by atoms with Gasteiger partial charge in [0.15, 0.2) is 5.16 Å². The van der Waals surface area contributed by atoms with Crippen molar-refractivity contribution in [2.75, 3.05) is 0 Å².